The van der Waals surface area contributed by atoms with Gasteiger partial charge in [-0.2, -0.15) is 0 Å². The van der Waals surface area contributed by atoms with Crippen LogP contribution in [0.3, 0.4) is 0 Å². The molecule has 0 aliphatic rings. The molecule has 0 bridgehead atoms. The molecule has 1 aromatic rings. The van der Waals surface area contributed by atoms with E-state index in [1.54, 1.807) is 11.3 Å². The SMILES string of the molecule is CCCC(CCC)C(=O)Cc1nc(C)c(C)s1. The van der Waals surface area contributed by atoms with Crippen LogP contribution in [0.15, 0.2) is 0 Å². The molecule has 3 heteroatoms. The minimum Gasteiger partial charge on any atom is -0.299 e. The number of carbonyl (C=O) groups excluding carboxylic acids is 1. The Hall–Kier alpha value is -0.700. The van der Waals surface area contributed by atoms with Gasteiger partial charge >= 0.3 is 0 Å². The molecule has 0 spiro atoms. The third-order valence-electron chi connectivity index (χ3n) is 3.13. The van der Waals surface area contributed by atoms with E-state index in [2.05, 4.69) is 25.8 Å². The maximum absolute atomic E-state index is 12.2. The van der Waals surface area contributed by atoms with Crippen molar-refractivity contribution in [3.8, 4) is 0 Å². The Morgan fingerprint density at radius 2 is 1.82 bits per heavy atom. The molecule has 2 nitrogen and oxygen atoms in total. The van der Waals surface area contributed by atoms with Crippen molar-refractivity contribution in [2.24, 2.45) is 5.92 Å². The van der Waals surface area contributed by atoms with Crippen LogP contribution >= 0.6 is 11.3 Å². The Bertz CT molecular complexity index is 345. The first kappa shape index (κ1) is 14.4. The van der Waals surface area contributed by atoms with E-state index in [1.807, 2.05) is 6.92 Å². The van der Waals surface area contributed by atoms with Crippen molar-refractivity contribution < 1.29 is 4.79 Å². The second-order valence-electron chi connectivity index (χ2n) is 4.67. The van der Waals surface area contributed by atoms with Crippen LogP contribution in [-0.4, -0.2) is 10.8 Å². The third kappa shape index (κ3) is 4.23. The Kier molecular flexibility index (Phi) is 5.83. The molecule has 0 saturated heterocycles. The van der Waals surface area contributed by atoms with Gasteiger partial charge in [0.2, 0.25) is 0 Å². The summed E-state index contributed by atoms with van der Waals surface area (Å²) in [7, 11) is 0. The topological polar surface area (TPSA) is 30.0 Å². The standard InChI is InChI=1S/C14H23NOS/c1-5-7-12(8-6-2)13(16)9-14-15-10(3)11(4)17-14/h12H,5-9H2,1-4H3. The van der Waals surface area contributed by atoms with Crippen LogP contribution in [0.1, 0.15) is 55.1 Å². The number of carbonyl (C=O) groups is 1. The zero-order valence-corrected chi connectivity index (χ0v) is 12.2. The van der Waals surface area contributed by atoms with Gasteiger partial charge in [0.05, 0.1) is 12.1 Å². The number of nitrogens with zero attached hydrogens (tertiary/aromatic N) is 1. The summed E-state index contributed by atoms with van der Waals surface area (Å²) < 4.78 is 0. The number of ketones is 1. The fraction of sp³-hybridized carbons (Fsp3) is 0.714. The summed E-state index contributed by atoms with van der Waals surface area (Å²) in [6, 6.07) is 0. The van der Waals surface area contributed by atoms with E-state index < -0.39 is 0 Å². The molecule has 0 amide bonds. The van der Waals surface area contributed by atoms with Crippen molar-refractivity contribution in [2.45, 2.75) is 59.8 Å². The van der Waals surface area contributed by atoms with Gasteiger partial charge in [0.25, 0.3) is 0 Å². The van der Waals surface area contributed by atoms with E-state index in [9.17, 15) is 4.79 Å². The van der Waals surface area contributed by atoms with E-state index in [1.165, 1.54) is 4.88 Å². The fourth-order valence-corrected chi connectivity index (χ4v) is 3.02. The van der Waals surface area contributed by atoms with Gasteiger partial charge in [-0.1, -0.05) is 26.7 Å². The van der Waals surface area contributed by atoms with Crippen LogP contribution in [0.2, 0.25) is 0 Å². The summed E-state index contributed by atoms with van der Waals surface area (Å²) >= 11 is 1.66. The molecule has 0 fully saturated rings. The molecule has 0 saturated carbocycles. The summed E-state index contributed by atoms with van der Waals surface area (Å²) in [4.78, 5) is 17.9. The van der Waals surface area contributed by atoms with E-state index in [-0.39, 0.29) is 5.92 Å². The minimum absolute atomic E-state index is 0.245. The second kappa shape index (κ2) is 6.90. The lowest BCUT2D eigenvalue weighted by Gasteiger charge is -2.12. The zero-order chi connectivity index (χ0) is 12.8. The predicted octanol–water partition coefficient (Wildman–Crippen LogP) is 4.09. The van der Waals surface area contributed by atoms with Crippen molar-refractivity contribution in [2.75, 3.05) is 0 Å². The Morgan fingerprint density at radius 3 is 2.24 bits per heavy atom. The van der Waals surface area contributed by atoms with Crippen LogP contribution in [0.25, 0.3) is 0 Å². The van der Waals surface area contributed by atoms with Gasteiger partial charge in [0.1, 0.15) is 10.8 Å². The van der Waals surface area contributed by atoms with Gasteiger partial charge < -0.3 is 0 Å². The maximum Gasteiger partial charge on any atom is 0.142 e. The molecule has 17 heavy (non-hydrogen) atoms. The molecule has 0 N–H and O–H groups in total. The molecule has 96 valence electrons. The van der Waals surface area contributed by atoms with Gasteiger partial charge in [-0.15, -0.1) is 11.3 Å². The number of hydrogen-bond acceptors (Lipinski definition) is 3. The number of rotatable bonds is 7. The summed E-state index contributed by atoms with van der Waals surface area (Å²) in [5.74, 6) is 0.622. The normalized spacial score (nSPS) is 11.1. The summed E-state index contributed by atoms with van der Waals surface area (Å²) in [6.45, 7) is 8.37. The first-order valence-electron chi connectivity index (χ1n) is 6.54. The van der Waals surface area contributed by atoms with Crippen molar-refractivity contribution >= 4 is 17.1 Å². The molecule has 0 aromatic carbocycles. The monoisotopic (exact) mass is 253 g/mol. The Morgan fingerprint density at radius 1 is 1.24 bits per heavy atom. The van der Waals surface area contributed by atoms with Gasteiger partial charge in [-0.25, -0.2) is 4.98 Å². The second-order valence-corrected chi connectivity index (χ2v) is 5.95. The van der Waals surface area contributed by atoms with Crippen LogP contribution < -0.4 is 0 Å². The fourth-order valence-electron chi connectivity index (χ4n) is 2.07. The largest absolute Gasteiger partial charge is 0.299 e. The smallest absolute Gasteiger partial charge is 0.142 e. The average Bonchev–Trinajstić information content (AvgIpc) is 2.57. The predicted molar refractivity (Wildman–Crippen MR) is 73.6 cm³/mol. The zero-order valence-electron chi connectivity index (χ0n) is 11.4. The molecule has 1 heterocycles. The summed E-state index contributed by atoms with van der Waals surface area (Å²) in [5.41, 5.74) is 1.07. The lowest BCUT2D eigenvalue weighted by molar-refractivity contribution is -0.122. The van der Waals surface area contributed by atoms with E-state index >= 15 is 0 Å². The molecule has 1 aromatic heterocycles. The van der Waals surface area contributed by atoms with Crippen molar-refractivity contribution in [1.82, 2.24) is 4.98 Å². The Balaban J connectivity index is 2.62. The molecule has 1 rings (SSSR count). The Labute approximate surface area is 108 Å². The van der Waals surface area contributed by atoms with Crippen molar-refractivity contribution in [3.63, 3.8) is 0 Å². The van der Waals surface area contributed by atoms with Crippen LogP contribution in [0.5, 0.6) is 0 Å². The van der Waals surface area contributed by atoms with Crippen molar-refractivity contribution in [3.05, 3.63) is 15.6 Å². The number of hydrogen-bond donors (Lipinski definition) is 0. The lowest BCUT2D eigenvalue weighted by atomic mass is 9.92. The number of aromatic nitrogens is 1. The highest BCUT2D eigenvalue weighted by Crippen LogP contribution is 2.21. The van der Waals surface area contributed by atoms with E-state index in [4.69, 9.17) is 0 Å². The molecule has 0 atom stereocenters. The van der Waals surface area contributed by atoms with Crippen LogP contribution in [0, 0.1) is 19.8 Å². The third-order valence-corrected chi connectivity index (χ3v) is 4.20. The number of aryl methyl sites for hydroxylation is 2. The van der Waals surface area contributed by atoms with Gasteiger partial charge in [0.15, 0.2) is 0 Å². The molecule has 0 aliphatic heterocycles. The highest BCUT2D eigenvalue weighted by Gasteiger charge is 2.18. The average molecular weight is 253 g/mol. The van der Waals surface area contributed by atoms with Crippen molar-refractivity contribution in [1.29, 1.82) is 0 Å². The lowest BCUT2D eigenvalue weighted by Crippen LogP contribution is -2.16. The van der Waals surface area contributed by atoms with E-state index in [0.717, 1.165) is 36.4 Å². The molecular weight excluding hydrogens is 230 g/mol. The highest BCUT2D eigenvalue weighted by atomic mass is 32.1. The highest BCUT2D eigenvalue weighted by molar-refractivity contribution is 7.11. The first-order valence-corrected chi connectivity index (χ1v) is 7.35. The summed E-state index contributed by atoms with van der Waals surface area (Å²) in [6.07, 6.45) is 4.76. The van der Waals surface area contributed by atoms with Gasteiger partial charge in [-0.3, -0.25) is 4.79 Å². The minimum atomic E-state index is 0.245. The van der Waals surface area contributed by atoms with Gasteiger partial charge in [-0.05, 0) is 26.7 Å². The van der Waals surface area contributed by atoms with E-state index in [0.29, 0.717) is 12.2 Å². The van der Waals surface area contributed by atoms with Crippen LogP contribution in [0.4, 0.5) is 0 Å². The quantitative estimate of drug-likeness (QED) is 0.732. The number of thiazole rings is 1. The molecule has 0 unspecified atom stereocenters. The summed E-state index contributed by atoms with van der Waals surface area (Å²) in [5, 5.41) is 0.988. The first-order chi connectivity index (χ1) is 8.08. The maximum atomic E-state index is 12.2. The van der Waals surface area contributed by atoms with Crippen LogP contribution in [-0.2, 0) is 11.2 Å². The van der Waals surface area contributed by atoms with Gasteiger partial charge in [0, 0.05) is 10.8 Å². The molecule has 0 radical (unpaired) electrons. The molecular formula is C14H23NOS. The molecule has 0 aliphatic carbocycles. The number of Topliss-reactive ketones (excluding diaryl/α,β-unsaturated/α-hetero) is 1.